The summed E-state index contributed by atoms with van der Waals surface area (Å²) < 4.78 is 0.851. The molecule has 6 nitrogen and oxygen atoms in total. The zero-order valence-corrected chi connectivity index (χ0v) is 12.8. The van der Waals surface area contributed by atoms with Gasteiger partial charge in [0.05, 0.1) is 0 Å². The van der Waals surface area contributed by atoms with E-state index < -0.39 is 0 Å². The maximum absolute atomic E-state index is 5.79. The van der Waals surface area contributed by atoms with Crippen molar-refractivity contribution in [3.8, 4) is 0 Å². The van der Waals surface area contributed by atoms with Gasteiger partial charge in [-0.15, -0.1) is 10.2 Å². The first-order valence-electron chi connectivity index (χ1n) is 5.90. The van der Waals surface area contributed by atoms with Crippen LogP contribution < -0.4 is 10.6 Å². The lowest BCUT2D eigenvalue weighted by molar-refractivity contribution is 0.813. The second-order valence-electron chi connectivity index (χ2n) is 4.14. The van der Waals surface area contributed by atoms with Crippen LogP contribution in [0.15, 0.2) is 15.4 Å². The first-order chi connectivity index (χ1) is 9.08. The van der Waals surface area contributed by atoms with Crippen LogP contribution in [0.1, 0.15) is 19.2 Å². The zero-order chi connectivity index (χ0) is 13.8. The van der Waals surface area contributed by atoms with Gasteiger partial charge in [0.15, 0.2) is 4.34 Å². The molecule has 0 aromatic carbocycles. The van der Waals surface area contributed by atoms with E-state index in [9.17, 15) is 0 Å². The number of rotatable bonds is 5. The number of hydrogen-bond donors (Lipinski definition) is 1. The predicted octanol–water partition coefficient (Wildman–Crippen LogP) is 2.08. The van der Waals surface area contributed by atoms with Gasteiger partial charge in [-0.2, -0.15) is 0 Å². The quantitative estimate of drug-likeness (QED) is 0.846. The Balaban J connectivity index is 2.17. The summed E-state index contributed by atoms with van der Waals surface area (Å²) in [6.07, 6.45) is 1.83. The molecule has 19 heavy (non-hydrogen) atoms. The highest BCUT2D eigenvalue weighted by atomic mass is 32.2. The van der Waals surface area contributed by atoms with Crippen molar-refractivity contribution in [2.24, 2.45) is 0 Å². The molecule has 2 heterocycles. The van der Waals surface area contributed by atoms with Gasteiger partial charge >= 0.3 is 0 Å². The van der Waals surface area contributed by atoms with Crippen molar-refractivity contribution in [1.29, 1.82) is 0 Å². The summed E-state index contributed by atoms with van der Waals surface area (Å²) in [5, 5.41) is 9.91. The van der Waals surface area contributed by atoms with Crippen LogP contribution in [-0.2, 0) is 6.42 Å². The van der Waals surface area contributed by atoms with Gasteiger partial charge in [-0.1, -0.05) is 18.3 Å². The molecule has 0 saturated carbocycles. The molecule has 0 fully saturated rings. The van der Waals surface area contributed by atoms with Crippen LogP contribution in [0.5, 0.6) is 0 Å². The Morgan fingerprint density at radius 1 is 1.32 bits per heavy atom. The molecule has 2 rings (SSSR count). The van der Waals surface area contributed by atoms with E-state index in [1.54, 1.807) is 6.07 Å². The molecule has 0 radical (unpaired) electrons. The highest BCUT2D eigenvalue weighted by Gasteiger charge is 2.10. The fourth-order valence-corrected chi connectivity index (χ4v) is 3.13. The van der Waals surface area contributed by atoms with Crippen LogP contribution in [0, 0.1) is 0 Å². The summed E-state index contributed by atoms with van der Waals surface area (Å²) in [6, 6.07) is 1.76. The maximum atomic E-state index is 5.79. The lowest BCUT2D eigenvalue weighted by Crippen LogP contribution is -2.07. The average Bonchev–Trinajstić information content (AvgIpc) is 2.77. The first kappa shape index (κ1) is 14.0. The van der Waals surface area contributed by atoms with E-state index in [0.717, 1.165) is 33.2 Å². The van der Waals surface area contributed by atoms with Crippen molar-refractivity contribution in [2.45, 2.75) is 29.1 Å². The van der Waals surface area contributed by atoms with Gasteiger partial charge < -0.3 is 10.6 Å². The fourth-order valence-electron chi connectivity index (χ4n) is 1.39. The number of aromatic nitrogens is 4. The van der Waals surface area contributed by atoms with Gasteiger partial charge in [-0.3, -0.25) is 0 Å². The molecule has 0 unspecified atom stereocenters. The smallest absolute Gasteiger partial charge is 0.208 e. The first-order valence-corrected chi connectivity index (χ1v) is 7.54. The van der Waals surface area contributed by atoms with Crippen molar-refractivity contribution >= 4 is 34.0 Å². The number of nitrogens with two attached hydrogens (primary N) is 1. The topological polar surface area (TPSA) is 80.8 Å². The molecule has 8 heteroatoms. The van der Waals surface area contributed by atoms with Crippen LogP contribution in [0.4, 0.5) is 10.9 Å². The van der Waals surface area contributed by atoms with Gasteiger partial charge in [-0.05, 0) is 18.2 Å². The van der Waals surface area contributed by atoms with Crippen LogP contribution >= 0.6 is 23.1 Å². The van der Waals surface area contributed by atoms with Crippen LogP contribution in [-0.4, -0.2) is 34.3 Å². The number of aryl methyl sites for hydroxylation is 1. The third-order valence-corrected chi connectivity index (χ3v) is 4.27. The normalized spacial score (nSPS) is 10.7. The number of hydrogen-bond acceptors (Lipinski definition) is 8. The lowest BCUT2D eigenvalue weighted by atomic mass is 10.3. The molecule has 0 aliphatic rings. The Bertz CT molecular complexity index is 554. The largest absolute Gasteiger partial charge is 0.384 e. The number of nitrogen functional groups attached to an aromatic ring is 1. The van der Waals surface area contributed by atoms with Gasteiger partial charge in [-0.25, -0.2) is 9.97 Å². The van der Waals surface area contributed by atoms with Crippen LogP contribution in [0.25, 0.3) is 0 Å². The Kier molecular flexibility index (Phi) is 4.54. The molecule has 0 atom stereocenters. The molecule has 2 aromatic rings. The third-order valence-electron chi connectivity index (χ3n) is 2.21. The summed E-state index contributed by atoms with van der Waals surface area (Å²) in [7, 11) is 3.88. The van der Waals surface area contributed by atoms with E-state index in [2.05, 4.69) is 27.1 Å². The second kappa shape index (κ2) is 6.16. The van der Waals surface area contributed by atoms with Crippen molar-refractivity contribution < 1.29 is 0 Å². The Hall–Kier alpha value is -1.41. The van der Waals surface area contributed by atoms with E-state index in [1.165, 1.54) is 23.1 Å². The van der Waals surface area contributed by atoms with Gasteiger partial charge in [0.1, 0.15) is 16.7 Å². The molecule has 102 valence electrons. The molecule has 2 N–H and O–H groups in total. The maximum Gasteiger partial charge on any atom is 0.208 e. The summed E-state index contributed by atoms with van der Waals surface area (Å²) in [5.74, 6) is 1.28. The molecule has 0 spiro atoms. The Morgan fingerprint density at radius 2 is 2.11 bits per heavy atom. The summed E-state index contributed by atoms with van der Waals surface area (Å²) in [6.45, 7) is 2.09. The third kappa shape index (κ3) is 3.77. The van der Waals surface area contributed by atoms with Gasteiger partial charge in [0.25, 0.3) is 0 Å². The van der Waals surface area contributed by atoms with E-state index >= 15 is 0 Å². The minimum atomic E-state index is 0.498. The summed E-state index contributed by atoms with van der Waals surface area (Å²) in [4.78, 5) is 10.6. The highest BCUT2D eigenvalue weighted by Crippen LogP contribution is 2.32. The molecule has 0 bridgehead atoms. The molecule has 0 aliphatic heterocycles. The molecule has 0 amide bonds. The minimum Gasteiger partial charge on any atom is -0.384 e. The SMILES string of the molecule is CCCc1nc(N)cc(Sc2nnc(N(C)C)s2)n1. The molecule has 0 aliphatic carbocycles. The van der Waals surface area contributed by atoms with E-state index in [-0.39, 0.29) is 0 Å². The molecular formula is C11H16N6S2. The predicted molar refractivity (Wildman–Crippen MR) is 78.8 cm³/mol. The monoisotopic (exact) mass is 296 g/mol. The number of nitrogens with zero attached hydrogens (tertiary/aromatic N) is 5. The molecule has 0 saturated heterocycles. The summed E-state index contributed by atoms with van der Waals surface area (Å²) >= 11 is 2.99. The second-order valence-corrected chi connectivity index (χ2v) is 6.37. The zero-order valence-electron chi connectivity index (χ0n) is 11.1. The van der Waals surface area contributed by atoms with E-state index in [4.69, 9.17) is 5.73 Å². The average molecular weight is 296 g/mol. The fraction of sp³-hybridized carbons (Fsp3) is 0.455. The Labute approximate surface area is 120 Å². The molecule has 2 aromatic heterocycles. The summed E-state index contributed by atoms with van der Waals surface area (Å²) in [5.41, 5.74) is 5.79. The van der Waals surface area contributed by atoms with E-state index in [0.29, 0.717) is 5.82 Å². The van der Waals surface area contributed by atoms with Gasteiger partial charge in [0.2, 0.25) is 5.13 Å². The van der Waals surface area contributed by atoms with E-state index in [1.807, 2.05) is 19.0 Å². The van der Waals surface area contributed by atoms with Crippen LogP contribution in [0.3, 0.4) is 0 Å². The highest BCUT2D eigenvalue weighted by molar-refractivity contribution is 8.01. The minimum absolute atomic E-state index is 0.498. The lowest BCUT2D eigenvalue weighted by Gasteiger charge is -2.04. The van der Waals surface area contributed by atoms with Crippen molar-refractivity contribution in [3.63, 3.8) is 0 Å². The van der Waals surface area contributed by atoms with Crippen molar-refractivity contribution in [3.05, 3.63) is 11.9 Å². The molecular weight excluding hydrogens is 280 g/mol. The standard InChI is InChI=1S/C11H16N6S2/c1-4-5-8-13-7(12)6-9(14-8)18-11-16-15-10(19-11)17(2)3/h6H,4-5H2,1-3H3,(H2,12,13,14). The van der Waals surface area contributed by atoms with Crippen molar-refractivity contribution in [2.75, 3.05) is 24.7 Å². The van der Waals surface area contributed by atoms with Gasteiger partial charge in [0, 0.05) is 26.6 Å². The van der Waals surface area contributed by atoms with Crippen LogP contribution in [0.2, 0.25) is 0 Å². The number of anilines is 2. The Morgan fingerprint density at radius 3 is 2.74 bits per heavy atom. The van der Waals surface area contributed by atoms with Crippen molar-refractivity contribution in [1.82, 2.24) is 20.2 Å².